The van der Waals surface area contributed by atoms with Gasteiger partial charge in [-0.1, -0.05) is 51.5 Å². The van der Waals surface area contributed by atoms with Gasteiger partial charge in [0, 0.05) is 12.6 Å². The summed E-state index contributed by atoms with van der Waals surface area (Å²) in [6.07, 6.45) is 9.93. The Labute approximate surface area is 114 Å². The van der Waals surface area contributed by atoms with Crippen molar-refractivity contribution >= 4 is 0 Å². The summed E-state index contributed by atoms with van der Waals surface area (Å²) in [5.41, 5.74) is 7.54. The quantitative estimate of drug-likeness (QED) is 0.435. The molecule has 0 saturated carbocycles. The van der Waals surface area contributed by atoms with Crippen molar-refractivity contribution in [1.82, 2.24) is 5.32 Å². The maximum Gasteiger partial charge on any atom is 0.0167 e. The van der Waals surface area contributed by atoms with E-state index in [0.717, 1.165) is 19.5 Å². The molecule has 1 unspecified atom stereocenters. The molecule has 0 aliphatic carbocycles. The molecule has 0 rings (SSSR count). The number of nitrogens with two attached hydrogens (primary N) is 1. The highest BCUT2D eigenvalue weighted by atomic mass is 14.9. The third-order valence-corrected chi connectivity index (χ3v) is 2.96. The van der Waals surface area contributed by atoms with Crippen molar-refractivity contribution < 1.29 is 0 Å². The molecule has 0 bridgehead atoms. The van der Waals surface area contributed by atoms with Crippen LogP contribution in [0.3, 0.4) is 0 Å². The lowest BCUT2D eigenvalue weighted by atomic mass is 10.0. The lowest BCUT2D eigenvalue weighted by molar-refractivity contribution is 0.465. The van der Waals surface area contributed by atoms with E-state index in [1.54, 1.807) is 0 Å². The summed E-state index contributed by atoms with van der Waals surface area (Å²) < 4.78 is 0. The van der Waals surface area contributed by atoms with Crippen molar-refractivity contribution in [2.75, 3.05) is 13.1 Å². The summed E-state index contributed by atoms with van der Waals surface area (Å²) in [6.45, 7) is 12.4. The van der Waals surface area contributed by atoms with Crippen LogP contribution in [-0.4, -0.2) is 19.1 Å². The maximum absolute atomic E-state index is 6.02. The number of hydrogen-bond acceptors (Lipinski definition) is 2. The molecule has 18 heavy (non-hydrogen) atoms. The highest BCUT2D eigenvalue weighted by Crippen LogP contribution is 2.11. The first-order chi connectivity index (χ1) is 8.60. The van der Waals surface area contributed by atoms with Crippen LogP contribution in [-0.2, 0) is 0 Å². The van der Waals surface area contributed by atoms with Crippen LogP contribution in [0.5, 0.6) is 0 Å². The van der Waals surface area contributed by atoms with Crippen molar-refractivity contribution in [1.29, 1.82) is 0 Å². The van der Waals surface area contributed by atoms with Crippen LogP contribution < -0.4 is 11.1 Å². The molecule has 0 radical (unpaired) electrons. The van der Waals surface area contributed by atoms with Gasteiger partial charge in [-0.15, -0.1) is 0 Å². The van der Waals surface area contributed by atoms with Gasteiger partial charge in [0.1, 0.15) is 0 Å². The summed E-state index contributed by atoms with van der Waals surface area (Å²) in [7, 11) is 0. The Kier molecular flexibility index (Phi) is 11.1. The summed E-state index contributed by atoms with van der Waals surface area (Å²) in [6, 6.07) is 0.295. The van der Waals surface area contributed by atoms with E-state index in [0.29, 0.717) is 12.0 Å². The molecule has 0 aliphatic rings. The summed E-state index contributed by atoms with van der Waals surface area (Å²) in [4.78, 5) is 0. The Hall–Kier alpha value is -0.600. The molecular formula is C16H32N2. The van der Waals surface area contributed by atoms with E-state index < -0.39 is 0 Å². The van der Waals surface area contributed by atoms with E-state index in [1.807, 2.05) is 6.08 Å². The Morgan fingerprint density at radius 3 is 2.61 bits per heavy atom. The van der Waals surface area contributed by atoms with Gasteiger partial charge in [0.15, 0.2) is 0 Å². The van der Waals surface area contributed by atoms with Gasteiger partial charge in [0.05, 0.1) is 0 Å². The van der Waals surface area contributed by atoms with E-state index >= 15 is 0 Å². The second-order valence-corrected chi connectivity index (χ2v) is 5.51. The zero-order valence-electron chi connectivity index (χ0n) is 12.5. The van der Waals surface area contributed by atoms with E-state index in [1.165, 1.54) is 31.3 Å². The molecule has 106 valence electrons. The first-order valence-electron chi connectivity index (χ1n) is 7.36. The Balaban J connectivity index is 3.60. The second kappa shape index (κ2) is 11.5. The molecule has 3 N–H and O–H groups in total. The van der Waals surface area contributed by atoms with Crippen LogP contribution in [0.4, 0.5) is 0 Å². The Morgan fingerprint density at radius 1 is 1.33 bits per heavy atom. The summed E-state index contributed by atoms with van der Waals surface area (Å²) in [5.74, 6) is 0.688. The molecule has 0 aromatic rings. The van der Waals surface area contributed by atoms with Crippen molar-refractivity contribution in [2.45, 2.75) is 58.9 Å². The molecule has 2 nitrogen and oxygen atoms in total. The van der Waals surface area contributed by atoms with Gasteiger partial charge in [0.2, 0.25) is 0 Å². The van der Waals surface area contributed by atoms with Crippen LogP contribution in [0.1, 0.15) is 52.9 Å². The van der Waals surface area contributed by atoms with Crippen LogP contribution in [0.15, 0.2) is 24.3 Å². The van der Waals surface area contributed by atoms with Crippen LogP contribution >= 0.6 is 0 Å². The topological polar surface area (TPSA) is 38.0 Å². The van der Waals surface area contributed by atoms with Crippen LogP contribution in [0, 0.1) is 5.92 Å². The minimum atomic E-state index is 0.295. The third-order valence-electron chi connectivity index (χ3n) is 2.96. The minimum absolute atomic E-state index is 0.295. The van der Waals surface area contributed by atoms with Crippen LogP contribution in [0.2, 0.25) is 0 Å². The SMILES string of the molecule is C=C/C=C(\CCC)CCCNCC(N)CC(C)C. The highest BCUT2D eigenvalue weighted by molar-refractivity contribution is 5.10. The lowest BCUT2D eigenvalue weighted by Crippen LogP contribution is -2.35. The third kappa shape index (κ3) is 10.5. The highest BCUT2D eigenvalue weighted by Gasteiger charge is 2.04. The molecule has 0 aromatic carbocycles. The van der Waals surface area contributed by atoms with Gasteiger partial charge < -0.3 is 11.1 Å². The van der Waals surface area contributed by atoms with Crippen LogP contribution in [0.25, 0.3) is 0 Å². The molecular weight excluding hydrogens is 220 g/mol. The summed E-state index contributed by atoms with van der Waals surface area (Å²) >= 11 is 0. The predicted molar refractivity (Wildman–Crippen MR) is 82.7 cm³/mol. The van der Waals surface area contributed by atoms with Gasteiger partial charge in [-0.05, 0) is 38.1 Å². The predicted octanol–water partition coefficient (Wildman–Crippen LogP) is 3.64. The molecule has 0 heterocycles. The Bertz CT molecular complexity index is 231. The maximum atomic E-state index is 6.02. The van der Waals surface area contributed by atoms with Gasteiger partial charge in [0.25, 0.3) is 0 Å². The monoisotopic (exact) mass is 252 g/mol. The van der Waals surface area contributed by atoms with Gasteiger partial charge in [-0.2, -0.15) is 0 Å². The van der Waals surface area contributed by atoms with Crippen molar-refractivity contribution in [3.63, 3.8) is 0 Å². The van der Waals surface area contributed by atoms with E-state index in [9.17, 15) is 0 Å². The first kappa shape index (κ1) is 17.4. The summed E-state index contributed by atoms with van der Waals surface area (Å²) in [5, 5.41) is 3.45. The largest absolute Gasteiger partial charge is 0.327 e. The fourth-order valence-electron chi connectivity index (χ4n) is 2.20. The standard InChI is InChI=1S/C16H32N2/c1-5-8-15(9-6-2)10-7-11-18-13-16(17)12-14(3)4/h5,8,14,16,18H,1,6-7,9-13,17H2,2-4H3/b15-8+. The fourth-order valence-corrected chi connectivity index (χ4v) is 2.20. The number of hydrogen-bond donors (Lipinski definition) is 2. The second-order valence-electron chi connectivity index (χ2n) is 5.51. The molecule has 0 aromatic heterocycles. The average molecular weight is 252 g/mol. The van der Waals surface area contributed by atoms with Gasteiger partial charge in [-0.25, -0.2) is 0 Å². The fraction of sp³-hybridized carbons (Fsp3) is 0.750. The molecule has 0 saturated heterocycles. The smallest absolute Gasteiger partial charge is 0.0167 e. The lowest BCUT2D eigenvalue weighted by Gasteiger charge is -2.15. The Morgan fingerprint density at radius 2 is 2.06 bits per heavy atom. The van der Waals surface area contributed by atoms with E-state index in [2.05, 4.69) is 38.7 Å². The molecule has 0 spiro atoms. The van der Waals surface area contributed by atoms with Crippen molar-refractivity contribution in [3.05, 3.63) is 24.3 Å². The molecule has 0 amide bonds. The molecule has 0 aliphatic heterocycles. The van der Waals surface area contributed by atoms with E-state index in [4.69, 9.17) is 5.73 Å². The number of rotatable bonds is 11. The minimum Gasteiger partial charge on any atom is -0.327 e. The molecule has 0 fully saturated rings. The van der Waals surface area contributed by atoms with Gasteiger partial charge >= 0.3 is 0 Å². The zero-order valence-corrected chi connectivity index (χ0v) is 12.5. The molecule has 2 heteroatoms. The molecule has 1 atom stereocenters. The van der Waals surface area contributed by atoms with Crippen molar-refractivity contribution in [2.24, 2.45) is 11.7 Å². The van der Waals surface area contributed by atoms with Gasteiger partial charge in [-0.3, -0.25) is 0 Å². The van der Waals surface area contributed by atoms with Crippen molar-refractivity contribution in [3.8, 4) is 0 Å². The normalized spacial score (nSPS) is 13.9. The average Bonchev–Trinajstić information content (AvgIpc) is 2.28. The first-order valence-corrected chi connectivity index (χ1v) is 7.36. The number of allylic oxidation sites excluding steroid dienone is 3. The van der Waals surface area contributed by atoms with E-state index in [-0.39, 0.29) is 0 Å². The number of nitrogens with one attached hydrogen (secondary N) is 1. The zero-order chi connectivity index (χ0) is 13.8.